The zero-order valence-electron chi connectivity index (χ0n) is 15.9. The van der Waals surface area contributed by atoms with Gasteiger partial charge in [0.05, 0.1) is 12.1 Å². The molecular weight excluding hydrogens is 412 g/mol. The molecule has 2 aliphatic rings. The van der Waals surface area contributed by atoms with Gasteiger partial charge in [0.2, 0.25) is 5.91 Å². The molecule has 2 atom stereocenters. The monoisotopic (exact) mass is 433 g/mol. The van der Waals surface area contributed by atoms with Crippen LogP contribution in [0.4, 0.5) is 26.3 Å². The Balaban J connectivity index is 1.80. The predicted octanol–water partition coefficient (Wildman–Crippen LogP) is 4.39. The number of halogens is 6. The first-order chi connectivity index (χ1) is 14.0. The smallest absolute Gasteiger partial charge is 0.336 e. The van der Waals surface area contributed by atoms with Crippen LogP contribution in [0.15, 0.2) is 24.3 Å². The van der Waals surface area contributed by atoms with E-state index in [9.17, 15) is 31.1 Å². The first-order valence-corrected chi connectivity index (χ1v) is 9.65. The molecule has 1 aromatic carbocycles. The third-order valence-corrected chi connectivity index (χ3v) is 5.48. The van der Waals surface area contributed by atoms with Gasteiger partial charge in [0.25, 0.3) is 5.92 Å². The van der Waals surface area contributed by atoms with Crippen molar-refractivity contribution in [1.29, 1.82) is 5.26 Å². The van der Waals surface area contributed by atoms with Crippen LogP contribution >= 0.6 is 0 Å². The topological polar surface area (TPSA) is 64.9 Å². The van der Waals surface area contributed by atoms with Gasteiger partial charge in [-0.3, -0.25) is 10.1 Å². The molecule has 0 bridgehead atoms. The molecule has 10 heteroatoms. The van der Waals surface area contributed by atoms with Crippen LogP contribution in [0.3, 0.4) is 0 Å². The maximum Gasteiger partial charge on any atom is 0.407 e. The lowest BCUT2D eigenvalue weighted by molar-refractivity contribution is -0.161. The lowest BCUT2D eigenvalue weighted by atomic mass is 9.99. The van der Waals surface area contributed by atoms with E-state index in [1.54, 1.807) is 0 Å². The number of nitriles is 1. The number of nitrogens with one attached hydrogen (secondary N) is 2. The summed E-state index contributed by atoms with van der Waals surface area (Å²) < 4.78 is 82.4. The molecule has 4 nitrogen and oxygen atoms in total. The minimum absolute atomic E-state index is 0.343. The number of hydrogen-bond acceptors (Lipinski definition) is 3. The fraction of sp³-hybridized carbons (Fsp3) is 0.600. The van der Waals surface area contributed by atoms with Crippen molar-refractivity contribution < 1.29 is 31.1 Å². The van der Waals surface area contributed by atoms with Crippen molar-refractivity contribution >= 4 is 5.91 Å². The van der Waals surface area contributed by atoms with Crippen LogP contribution < -0.4 is 10.6 Å². The van der Waals surface area contributed by atoms with Gasteiger partial charge in [-0.2, -0.15) is 18.4 Å². The van der Waals surface area contributed by atoms with Crippen molar-refractivity contribution in [3.05, 3.63) is 35.6 Å². The molecule has 2 fully saturated rings. The van der Waals surface area contributed by atoms with Gasteiger partial charge in [-0.05, 0) is 49.8 Å². The number of carbonyl (C=O) groups is 1. The lowest BCUT2D eigenvalue weighted by Crippen LogP contribution is -2.52. The number of amides is 1. The highest BCUT2D eigenvalue weighted by molar-refractivity contribution is 5.83. The highest BCUT2D eigenvalue weighted by Gasteiger charge is 2.50. The van der Waals surface area contributed by atoms with Gasteiger partial charge in [0.1, 0.15) is 17.4 Å². The summed E-state index contributed by atoms with van der Waals surface area (Å²) >= 11 is 0. The van der Waals surface area contributed by atoms with Crippen molar-refractivity contribution in [2.45, 2.75) is 68.2 Å². The van der Waals surface area contributed by atoms with E-state index in [2.05, 4.69) is 10.6 Å². The minimum Gasteiger partial charge on any atom is -0.336 e. The van der Waals surface area contributed by atoms with Crippen LogP contribution in [-0.4, -0.2) is 29.6 Å². The second-order valence-electron chi connectivity index (χ2n) is 8.00. The van der Waals surface area contributed by atoms with E-state index in [0.29, 0.717) is 25.7 Å². The van der Waals surface area contributed by atoms with Crippen LogP contribution in [0.2, 0.25) is 0 Å². The van der Waals surface area contributed by atoms with E-state index in [0.717, 1.165) is 24.3 Å². The third-order valence-electron chi connectivity index (χ3n) is 5.48. The molecule has 0 spiro atoms. The average molecular weight is 433 g/mol. The molecule has 2 aliphatic carbocycles. The van der Waals surface area contributed by atoms with E-state index in [1.807, 2.05) is 6.07 Å². The van der Waals surface area contributed by atoms with Crippen LogP contribution in [-0.2, 0) is 4.79 Å². The maximum absolute atomic E-state index is 14.1. The number of rotatable bonds is 9. The quantitative estimate of drug-likeness (QED) is 0.568. The van der Waals surface area contributed by atoms with Gasteiger partial charge in [0.15, 0.2) is 0 Å². The van der Waals surface area contributed by atoms with Crippen molar-refractivity contribution in [2.75, 3.05) is 0 Å². The number of carbonyl (C=O) groups excluding carboxylic acids is 1. The SMILES string of the molecule is N#CC1(NC(=O)[C@H](CCC(F)(F)C2CC2)N[C@@H](c2ccc(F)cc2)C(F)(F)F)CC1. The Morgan fingerprint density at radius 2 is 1.77 bits per heavy atom. The van der Waals surface area contributed by atoms with E-state index in [4.69, 9.17) is 5.26 Å². The number of nitrogens with zero attached hydrogens (tertiary/aromatic N) is 1. The van der Waals surface area contributed by atoms with Crippen LogP contribution in [0.1, 0.15) is 50.1 Å². The largest absolute Gasteiger partial charge is 0.407 e. The summed E-state index contributed by atoms with van der Waals surface area (Å²) in [6.45, 7) is 0. The molecule has 0 unspecified atom stereocenters. The Morgan fingerprint density at radius 3 is 2.23 bits per heavy atom. The first kappa shape index (κ1) is 22.4. The summed E-state index contributed by atoms with van der Waals surface area (Å²) in [6.07, 6.45) is -4.77. The molecule has 2 N–H and O–H groups in total. The van der Waals surface area contributed by atoms with Gasteiger partial charge in [0, 0.05) is 12.3 Å². The summed E-state index contributed by atoms with van der Waals surface area (Å²) in [7, 11) is 0. The molecule has 1 aromatic rings. The zero-order valence-corrected chi connectivity index (χ0v) is 15.9. The Bertz CT molecular complexity index is 809. The normalized spacial score (nSPS) is 20.2. The third kappa shape index (κ3) is 5.45. The molecule has 0 aromatic heterocycles. The van der Waals surface area contributed by atoms with E-state index in [1.165, 1.54) is 0 Å². The summed E-state index contributed by atoms with van der Waals surface area (Å²) in [5.74, 6) is -5.55. The molecule has 164 valence electrons. The van der Waals surface area contributed by atoms with Gasteiger partial charge < -0.3 is 5.32 Å². The summed E-state index contributed by atoms with van der Waals surface area (Å²) in [4.78, 5) is 12.6. The lowest BCUT2D eigenvalue weighted by Gasteiger charge is -2.29. The van der Waals surface area contributed by atoms with E-state index < -0.39 is 60.2 Å². The first-order valence-electron chi connectivity index (χ1n) is 9.65. The molecule has 0 saturated heterocycles. The molecule has 0 radical (unpaired) electrons. The molecule has 30 heavy (non-hydrogen) atoms. The standard InChI is InChI=1S/C20H21F6N3O/c21-14-5-1-12(2-6-14)16(20(24,25)26)28-15(7-8-19(22,23)13-3-4-13)17(30)29-18(11-27)9-10-18/h1-2,5-6,13,15-16,28H,3-4,7-10H2,(H,29,30)/t15-,16-/m0/s1. The van der Waals surface area contributed by atoms with Gasteiger partial charge >= 0.3 is 6.18 Å². The maximum atomic E-state index is 14.1. The molecule has 2 saturated carbocycles. The van der Waals surface area contributed by atoms with Crippen molar-refractivity contribution in [3.63, 3.8) is 0 Å². The van der Waals surface area contributed by atoms with Crippen molar-refractivity contribution in [2.24, 2.45) is 5.92 Å². The van der Waals surface area contributed by atoms with Crippen molar-refractivity contribution in [3.8, 4) is 6.07 Å². The second kappa shape index (κ2) is 8.10. The average Bonchev–Trinajstić information content (AvgIpc) is 3.56. The summed E-state index contributed by atoms with van der Waals surface area (Å²) in [5.41, 5.74) is -1.50. The predicted molar refractivity (Wildman–Crippen MR) is 94.7 cm³/mol. The van der Waals surface area contributed by atoms with Crippen molar-refractivity contribution in [1.82, 2.24) is 10.6 Å². The Labute approximate surface area is 169 Å². The Hall–Kier alpha value is -2.28. The van der Waals surface area contributed by atoms with Crippen LogP contribution in [0.5, 0.6) is 0 Å². The molecule has 1 amide bonds. The minimum atomic E-state index is -4.86. The van der Waals surface area contributed by atoms with Crippen LogP contribution in [0.25, 0.3) is 0 Å². The van der Waals surface area contributed by atoms with Gasteiger partial charge in [-0.25, -0.2) is 13.2 Å². The van der Waals surface area contributed by atoms with E-state index >= 15 is 0 Å². The molecule has 0 heterocycles. The number of benzene rings is 1. The molecular formula is C20H21F6N3O. The zero-order chi connectivity index (χ0) is 22.2. The Morgan fingerprint density at radius 1 is 1.17 bits per heavy atom. The van der Waals surface area contributed by atoms with E-state index in [-0.39, 0.29) is 5.56 Å². The molecule has 3 rings (SSSR count). The Kier molecular flexibility index (Phi) is 6.05. The fourth-order valence-electron chi connectivity index (χ4n) is 3.29. The summed E-state index contributed by atoms with van der Waals surface area (Å²) in [5, 5.41) is 13.6. The highest BCUT2D eigenvalue weighted by atomic mass is 19.4. The van der Waals surface area contributed by atoms with Gasteiger partial charge in [-0.15, -0.1) is 0 Å². The summed E-state index contributed by atoms with van der Waals surface area (Å²) in [6, 6.07) is 1.47. The molecule has 0 aliphatic heterocycles. The fourth-order valence-corrected chi connectivity index (χ4v) is 3.29. The van der Waals surface area contributed by atoms with Crippen LogP contribution in [0, 0.1) is 23.1 Å². The van der Waals surface area contributed by atoms with Gasteiger partial charge in [-0.1, -0.05) is 12.1 Å². The highest BCUT2D eigenvalue weighted by Crippen LogP contribution is 2.46. The number of hydrogen-bond donors (Lipinski definition) is 2. The second-order valence-corrected chi connectivity index (χ2v) is 8.00. The number of alkyl halides is 5.